The van der Waals surface area contributed by atoms with E-state index in [1.54, 1.807) is 0 Å². The van der Waals surface area contributed by atoms with Crippen molar-refractivity contribution in [1.82, 2.24) is 4.57 Å². The van der Waals surface area contributed by atoms with Gasteiger partial charge in [-0.15, -0.1) is 0 Å². The van der Waals surface area contributed by atoms with E-state index in [4.69, 9.17) is 0 Å². The quantitative estimate of drug-likeness (QED) is 0.156. The summed E-state index contributed by atoms with van der Waals surface area (Å²) in [6.45, 7) is 42.7. The molecule has 10 rings (SSSR count). The van der Waals surface area contributed by atoms with Crippen molar-refractivity contribution in [3.05, 3.63) is 179 Å². The molecule has 0 saturated carbocycles. The smallest absolute Gasteiger partial charge is 0.0541 e. The van der Waals surface area contributed by atoms with Gasteiger partial charge in [0.1, 0.15) is 0 Å². The Morgan fingerprint density at radius 3 is 1.25 bits per heavy atom. The molecule has 0 aliphatic rings. The molecule has 1 aromatic heterocycles. The molecule has 10 aromatic rings. The van der Waals surface area contributed by atoms with Crippen molar-refractivity contribution in [2.24, 2.45) is 0 Å². The fourth-order valence-electron chi connectivity index (χ4n) is 11.2. The number of hydrogen-bond acceptors (Lipinski definition) is 1. The second-order valence-corrected chi connectivity index (χ2v) is 27.3. The maximum Gasteiger partial charge on any atom is 0.0541 e. The Bertz CT molecular complexity index is 3620. The van der Waals surface area contributed by atoms with Crippen LogP contribution in [0.2, 0.25) is 0 Å². The Kier molecular flexibility index (Phi) is 11.3. The van der Waals surface area contributed by atoms with Crippen LogP contribution in [0.15, 0.2) is 146 Å². The summed E-state index contributed by atoms with van der Waals surface area (Å²) in [5.74, 6) is 0. The lowest BCUT2D eigenvalue weighted by atomic mass is 9.74. The van der Waals surface area contributed by atoms with Crippen LogP contribution in [-0.4, -0.2) is 4.57 Å². The van der Waals surface area contributed by atoms with Crippen molar-refractivity contribution < 1.29 is 0 Å². The number of nitrogens with zero attached hydrogens (tertiary/aromatic N) is 2. The van der Waals surface area contributed by atoms with E-state index >= 15 is 0 Å². The number of fused-ring (bicyclic) bond motifs is 3. The molecule has 0 atom stereocenters. The molecule has 0 bridgehead atoms. The van der Waals surface area contributed by atoms with Gasteiger partial charge in [-0.05, 0) is 147 Å². The number of aromatic nitrogens is 1. The summed E-state index contributed by atoms with van der Waals surface area (Å²) in [6, 6.07) is 56.8. The third-order valence-corrected chi connectivity index (χ3v) is 15.6. The lowest BCUT2D eigenvalue weighted by molar-refractivity contribution is 0.568. The van der Waals surface area contributed by atoms with E-state index in [9.17, 15) is 0 Å². The van der Waals surface area contributed by atoms with Gasteiger partial charge in [-0.1, -0.05) is 222 Å². The number of benzene rings is 9. The summed E-state index contributed by atoms with van der Waals surface area (Å²) in [5, 5.41) is 10.2. The molecule has 0 spiro atoms. The summed E-state index contributed by atoms with van der Waals surface area (Å²) in [5.41, 5.74) is 17.4. The second kappa shape index (κ2) is 16.6. The van der Waals surface area contributed by atoms with Gasteiger partial charge in [0.05, 0.1) is 28.1 Å². The average Bonchev–Trinajstić information content (AvgIpc) is 3.63. The van der Waals surface area contributed by atoms with Crippen LogP contribution in [0.3, 0.4) is 0 Å². The number of rotatable bonds is 5. The third kappa shape index (κ3) is 8.47. The van der Waals surface area contributed by atoms with Gasteiger partial charge in [0.25, 0.3) is 0 Å². The van der Waals surface area contributed by atoms with Crippen LogP contribution in [0.25, 0.3) is 70.9 Å². The molecule has 368 valence electrons. The van der Waals surface area contributed by atoms with Crippen LogP contribution in [0.1, 0.15) is 158 Å². The molecule has 0 unspecified atom stereocenters. The van der Waals surface area contributed by atoms with Crippen molar-refractivity contribution in [2.45, 2.75) is 157 Å². The Morgan fingerprint density at radius 2 is 0.764 bits per heavy atom. The Morgan fingerprint density at radius 1 is 0.333 bits per heavy atom. The number of hydrogen-bond donors (Lipinski definition) is 0. The molecule has 1 heterocycles. The lowest BCUT2D eigenvalue weighted by Crippen LogP contribution is -2.24. The summed E-state index contributed by atoms with van der Waals surface area (Å²) >= 11 is 0. The van der Waals surface area contributed by atoms with Gasteiger partial charge in [-0.25, -0.2) is 0 Å². The Balaban J connectivity index is 1.33. The first-order valence-electron chi connectivity index (χ1n) is 26.5. The third-order valence-electron chi connectivity index (χ3n) is 15.6. The van der Waals surface area contributed by atoms with Gasteiger partial charge in [0.2, 0.25) is 0 Å². The van der Waals surface area contributed by atoms with Gasteiger partial charge in [0.15, 0.2) is 0 Å². The zero-order valence-corrected chi connectivity index (χ0v) is 46.8. The lowest BCUT2D eigenvalue weighted by Gasteiger charge is -2.37. The van der Waals surface area contributed by atoms with Crippen molar-refractivity contribution >= 4 is 71.2 Å². The van der Waals surface area contributed by atoms with E-state index in [-0.39, 0.29) is 32.5 Å². The van der Waals surface area contributed by atoms with E-state index in [1.165, 1.54) is 121 Å². The second-order valence-electron chi connectivity index (χ2n) is 27.3. The number of para-hydroxylation sites is 2. The Hall–Kier alpha value is -6.38. The predicted octanol–water partition coefficient (Wildman–Crippen LogP) is 20.6. The van der Waals surface area contributed by atoms with E-state index < -0.39 is 0 Å². The zero-order chi connectivity index (χ0) is 51.8. The molecule has 0 saturated heterocycles. The molecule has 9 aromatic carbocycles. The predicted molar refractivity (Wildman–Crippen MR) is 317 cm³/mol. The molecule has 0 fully saturated rings. The molecule has 0 amide bonds. The summed E-state index contributed by atoms with van der Waals surface area (Å²) < 4.78 is 2.49. The highest BCUT2D eigenvalue weighted by atomic mass is 15.1. The van der Waals surface area contributed by atoms with E-state index in [0.29, 0.717) is 0 Å². The first-order chi connectivity index (χ1) is 33.5. The Labute approximate surface area is 431 Å². The average molecular weight is 947 g/mol. The summed E-state index contributed by atoms with van der Waals surface area (Å²) in [7, 11) is 0. The van der Waals surface area contributed by atoms with Crippen LogP contribution < -0.4 is 4.90 Å². The molecule has 0 radical (unpaired) electrons. The largest absolute Gasteiger partial charge is 0.310 e. The highest BCUT2D eigenvalue weighted by molar-refractivity contribution is 6.27. The van der Waals surface area contributed by atoms with Gasteiger partial charge < -0.3 is 9.47 Å². The van der Waals surface area contributed by atoms with Crippen molar-refractivity contribution in [3.63, 3.8) is 0 Å². The zero-order valence-electron chi connectivity index (χ0n) is 46.8. The molecule has 0 N–H and O–H groups in total. The van der Waals surface area contributed by atoms with Crippen LogP contribution >= 0.6 is 0 Å². The molecular weight excluding hydrogens is 869 g/mol. The van der Waals surface area contributed by atoms with Crippen LogP contribution in [0, 0.1) is 0 Å². The summed E-state index contributed by atoms with van der Waals surface area (Å²) in [4.78, 5) is 2.66. The normalized spacial score (nSPS) is 13.4. The van der Waals surface area contributed by atoms with Gasteiger partial charge in [-0.3, -0.25) is 0 Å². The highest BCUT2D eigenvalue weighted by Crippen LogP contribution is 2.52. The summed E-state index contributed by atoms with van der Waals surface area (Å²) in [6.07, 6.45) is 0. The van der Waals surface area contributed by atoms with Crippen LogP contribution in [-0.2, 0) is 32.5 Å². The molecule has 72 heavy (non-hydrogen) atoms. The SMILES string of the molecule is CC(C)(C)c1cc(-c2cc(C(C)(C)C)c(N(c3cc(C(C)(C)C)cc(C(C)(C)C)c3)c3ccc4ccc5c(-n6c7ccccc7c7ccccc76)ccc6ccc3c4c65)cc2C(C)(C)C)cc(C(C)(C)C)c1. The molecular formula is C70H78N2. The highest BCUT2D eigenvalue weighted by Gasteiger charge is 2.33. The minimum atomic E-state index is -0.220. The molecule has 0 aliphatic heterocycles. The fourth-order valence-corrected chi connectivity index (χ4v) is 11.2. The first kappa shape index (κ1) is 49.2. The minimum Gasteiger partial charge on any atom is -0.310 e. The number of anilines is 3. The van der Waals surface area contributed by atoms with Crippen molar-refractivity contribution in [3.8, 4) is 16.8 Å². The van der Waals surface area contributed by atoms with Gasteiger partial charge in [-0.2, -0.15) is 0 Å². The standard InChI is InChI=1S/C70H78N2/c1-65(2,3)46-35-45(36-47(37-46)66(4,5)6)55-41-57(70(16,17)18)62(42-56(55)69(13,14)15)71(50-39-48(67(7,8)9)38-49(40-50)68(10,11)12)60-33-29-43-28-32-54-61(34-30-44-27-31-53(60)63(43)64(44)54)72-58-25-21-19-23-51(58)52-24-20-22-26-59(52)72/h19-42H,1-18H3. The van der Waals surface area contributed by atoms with Crippen molar-refractivity contribution in [2.75, 3.05) is 4.90 Å². The van der Waals surface area contributed by atoms with Gasteiger partial charge in [0, 0.05) is 27.2 Å². The van der Waals surface area contributed by atoms with E-state index in [2.05, 4.69) is 280 Å². The maximum absolute atomic E-state index is 2.66. The van der Waals surface area contributed by atoms with Crippen LogP contribution in [0.4, 0.5) is 17.1 Å². The molecule has 0 aliphatic carbocycles. The topological polar surface area (TPSA) is 8.17 Å². The van der Waals surface area contributed by atoms with Gasteiger partial charge >= 0.3 is 0 Å². The van der Waals surface area contributed by atoms with E-state index in [0.717, 1.165) is 0 Å². The van der Waals surface area contributed by atoms with Crippen LogP contribution in [0.5, 0.6) is 0 Å². The molecule has 2 heteroatoms. The monoisotopic (exact) mass is 947 g/mol. The maximum atomic E-state index is 2.66. The van der Waals surface area contributed by atoms with E-state index in [1.807, 2.05) is 0 Å². The minimum absolute atomic E-state index is 0.0103. The molecule has 2 nitrogen and oxygen atoms in total. The fraction of sp³-hybridized carbons (Fsp3) is 0.343. The van der Waals surface area contributed by atoms with Crippen molar-refractivity contribution in [1.29, 1.82) is 0 Å². The first-order valence-corrected chi connectivity index (χ1v) is 26.5.